The minimum atomic E-state index is 0.136. The van der Waals surface area contributed by atoms with Gasteiger partial charge in [-0.3, -0.25) is 4.79 Å². The van der Waals surface area contributed by atoms with Crippen molar-refractivity contribution in [3.8, 4) is 0 Å². The Labute approximate surface area is 183 Å². The van der Waals surface area contributed by atoms with Gasteiger partial charge in [-0.15, -0.1) is 0 Å². The SMILES string of the molecule is CN1C(=O)CCCC[C@@H]1C(c1ccc(C(C)(C)C)cc1)c1ccc(C(C)(C)C)cc1. The average molecular weight is 406 g/mol. The normalized spacial score (nSPS) is 18.6. The first-order chi connectivity index (χ1) is 14.0. The highest BCUT2D eigenvalue weighted by Crippen LogP contribution is 2.37. The van der Waals surface area contributed by atoms with Crippen LogP contribution in [0.5, 0.6) is 0 Å². The summed E-state index contributed by atoms with van der Waals surface area (Å²) in [6, 6.07) is 18.4. The molecule has 2 aromatic carbocycles. The molecule has 1 atom stereocenters. The molecule has 1 heterocycles. The number of benzene rings is 2. The Balaban J connectivity index is 2.05. The maximum Gasteiger partial charge on any atom is 0.222 e. The Kier molecular flexibility index (Phi) is 6.45. The van der Waals surface area contributed by atoms with Crippen LogP contribution in [-0.4, -0.2) is 23.9 Å². The third-order valence-electron chi connectivity index (χ3n) is 6.69. The molecule has 1 saturated heterocycles. The summed E-state index contributed by atoms with van der Waals surface area (Å²) in [4.78, 5) is 14.7. The van der Waals surface area contributed by atoms with Crippen LogP contribution in [0.1, 0.15) is 95.4 Å². The molecule has 2 aromatic rings. The molecule has 0 unspecified atom stereocenters. The number of likely N-dealkylation sites (tertiary alicyclic amines) is 1. The summed E-state index contributed by atoms with van der Waals surface area (Å²) in [7, 11) is 2.00. The third-order valence-corrected chi connectivity index (χ3v) is 6.69. The minimum Gasteiger partial charge on any atom is -0.342 e. The topological polar surface area (TPSA) is 20.3 Å². The molecule has 0 N–H and O–H groups in total. The van der Waals surface area contributed by atoms with E-state index in [0.717, 1.165) is 19.3 Å². The fraction of sp³-hybridized carbons (Fsp3) is 0.536. The number of hydrogen-bond donors (Lipinski definition) is 0. The smallest absolute Gasteiger partial charge is 0.222 e. The summed E-state index contributed by atoms with van der Waals surface area (Å²) in [6.07, 6.45) is 3.83. The van der Waals surface area contributed by atoms with E-state index in [4.69, 9.17) is 0 Å². The molecule has 2 nitrogen and oxygen atoms in total. The summed E-state index contributed by atoms with van der Waals surface area (Å²) in [5.41, 5.74) is 5.57. The van der Waals surface area contributed by atoms with Gasteiger partial charge in [-0.2, -0.15) is 0 Å². The Morgan fingerprint density at radius 3 is 1.60 bits per heavy atom. The van der Waals surface area contributed by atoms with Crippen LogP contribution in [0, 0.1) is 0 Å². The van der Waals surface area contributed by atoms with Crippen molar-refractivity contribution in [3.63, 3.8) is 0 Å². The van der Waals surface area contributed by atoms with Gasteiger partial charge in [0.1, 0.15) is 0 Å². The van der Waals surface area contributed by atoms with E-state index in [-0.39, 0.29) is 28.7 Å². The molecule has 0 saturated carbocycles. The highest BCUT2D eigenvalue weighted by Gasteiger charge is 2.32. The fourth-order valence-corrected chi connectivity index (χ4v) is 4.59. The molecule has 2 heteroatoms. The molecule has 0 aromatic heterocycles. The van der Waals surface area contributed by atoms with Crippen molar-refractivity contribution in [1.29, 1.82) is 0 Å². The van der Waals surface area contributed by atoms with Crippen molar-refractivity contribution >= 4 is 5.91 Å². The van der Waals surface area contributed by atoms with Gasteiger partial charge in [-0.25, -0.2) is 0 Å². The number of amides is 1. The van der Waals surface area contributed by atoms with Gasteiger partial charge < -0.3 is 4.90 Å². The lowest BCUT2D eigenvalue weighted by Crippen LogP contribution is -2.40. The van der Waals surface area contributed by atoms with E-state index in [1.165, 1.54) is 22.3 Å². The van der Waals surface area contributed by atoms with Crippen molar-refractivity contribution < 1.29 is 4.79 Å². The molecule has 1 fully saturated rings. The zero-order valence-electron chi connectivity index (χ0n) is 20.0. The first kappa shape index (κ1) is 22.6. The van der Waals surface area contributed by atoms with Gasteiger partial charge in [0, 0.05) is 25.4 Å². The molecule has 0 aliphatic carbocycles. The zero-order chi connectivity index (χ0) is 22.1. The molecule has 0 bridgehead atoms. The summed E-state index contributed by atoms with van der Waals surface area (Å²) >= 11 is 0. The molecule has 3 rings (SSSR count). The number of nitrogens with zero attached hydrogens (tertiary/aromatic N) is 1. The van der Waals surface area contributed by atoms with Crippen molar-refractivity contribution in [1.82, 2.24) is 4.90 Å². The molecule has 1 aliphatic heterocycles. The summed E-state index contributed by atoms with van der Waals surface area (Å²) in [5.74, 6) is 0.472. The number of carbonyl (C=O) groups excluding carboxylic acids is 1. The number of likely N-dealkylation sites (N-methyl/N-ethyl adjacent to an activating group) is 1. The Hall–Kier alpha value is -2.09. The molecule has 0 radical (unpaired) electrons. The highest BCUT2D eigenvalue weighted by atomic mass is 16.2. The van der Waals surface area contributed by atoms with E-state index in [2.05, 4.69) is 90.1 Å². The summed E-state index contributed by atoms with van der Waals surface area (Å²) in [5, 5.41) is 0. The maximum atomic E-state index is 12.7. The second kappa shape index (κ2) is 8.57. The van der Waals surface area contributed by atoms with Crippen LogP contribution in [0.25, 0.3) is 0 Å². The second-order valence-corrected chi connectivity index (χ2v) is 11.0. The lowest BCUT2D eigenvalue weighted by molar-refractivity contribution is -0.131. The highest BCUT2D eigenvalue weighted by molar-refractivity contribution is 5.76. The molecule has 30 heavy (non-hydrogen) atoms. The predicted octanol–water partition coefficient (Wildman–Crippen LogP) is 6.81. The lowest BCUT2D eigenvalue weighted by Gasteiger charge is -2.35. The molecule has 0 spiro atoms. The summed E-state index contributed by atoms with van der Waals surface area (Å²) < 4.78 is 0. The van der Waals surface area contributed by atoms with Crippen LogP contribution in [0.15, 0.2) is 48.5 Å². The lowest BCUT2D eigenvalue weighted by atomic mass is 9.79. The first-order valence-electron chi connectivity index (χ1n) is 11.4. The maximum absolute atomic E-state index is 12.7. The molecular formula is C28H39NO. The molecule has 162 valence electrons. The van der Waals surface area contributed by atoms with Gasteiger partial charge >= 0.3 is 0 Å². The van der Waals surface area contributed by atoms with Crippen molar-refractivity contribution in [2.45, 2.75) is 90.0 Å². The number of rotatable bonds is 3. The van der Waals surface area contributed by atoms with Crippen LogP contribution in [0.4, 0.5) is 0 Å². The standard InChI is InChI=1S/C28H39NO/c1-27(2,3)22-16-12-20(13-17-22)26(24-10-8-9-11-25(30)29(24)7)21-14-18-23(19-15-21)28(4,5)6/h12-19,24,26H,8-11H2,1-7H3/t24-/m1/s1. The van der Waals surface area contributed by atoms with Crippen LogP contribution in [-0.2, 0) is 15.6 Å². The van der Waals surface area contributed by atoms with Crippen molar-refractivity contribution in [2.24, 2.45) is 0 Å². The van der Waals surface area contributed by atoms with Gasteiger partial charge in [0.15, 0.2) is 0 Å². The van der Waals surface area contributed by atoms with E-state index in [0.29, 0.717) is 6.42 Å². The van der Waals surface area contributed by atoms with E-state index < -0.39 is 0 Å². The van der Waals surface area contributed by atoms with Gasteiger partial charge in [0.25, 0.3) is 0 Å². The van der Waals surface area contributed by atoms with Crippen LogP contribution < -0.4 is 0 Å². The van der Waals surface area contributed by atoms with Gasteiger partial charge in [0.05, 0.1) is 0 Å². The minimum absolute atomic E-state index is 0.136. The third kappa shape index (κ3) is 4.96. The van der Waals surface area contributed by atoms with E-state index in [9.17, 15) is 4.79 Å². The molecular weight excluding hydrogens is 366 g/mol. The first-order valence-corrected chi connectivity index (χ1v) is 11.4. The Bertz CT molecular complexity index is 792. The van der Waals surface area contributed by atoms with Gasteiger partial charge in [-0.1, -0.05) is 96.5 Å². The van der Waals surface area contributed by atoms with Crippen LogP contribution in [0.3, 0.4) is 0 Å². The number of carbonyl (C=O) groups is 1. The van der Waals surface area contributed by atoms with Gasteiger partial charge in [-0.05, 0) is 45.9 Å². The van der Waals surface area contributed by atoms with E-state index >= 15 is 0 Å². The monoisotopic (exact) mass is 405 g/mol. The van der Waals surface area contributed by atoms with E-state index in [1.54, 1.807) is 0 Å². The molecule has 1 amide bonds. The Morgan fingerprint density at radius 2 is 1.20 bits per heavy atom. The van der Waals surface area contributed by atoms with E-state index in [1.807, 2.05) is 11.9 Å². The number of hydrogen-bond acceptors (Lipinski definition) is 1. The van der Waals surface area contributed by atoms with Crippen LogP contribution in [0.2, 0.25) is 0 Å². The van der Waals surface area contributed by atoms with Crippen molar-refractivity contribution in [3.05, 3.63) is 70.8 Å². The quantitative estimate of drug-likeness (QED) is 0.549. The van der Waals surface area contributed by atoms with Gasteiger partial charge in [0.2, 0.25) is 5.91 Å². The van der Waals surface area contributed by atoms with Crippen molar-refractivity contribution in [2.75, 3.05) is 7.05 Å². The Morgan fingerprint density at radius 1 is 0.767 bits per heavy atom. The van der Waals surface area contributed by atoms with Crippen LogP contribution >= 0.6 is 0 Å². The zero-order valence-corrected chi connectivity index (χ0v) is 20.0. The predicted molar refractivity (Wildman–Crippen MR) is 127 cm³/mol. The average Bonchev–Trinajstić information content (AvgIpc) is 2.84. The molecule has 1 aliphatic rings. The second-order valence-electron chi connectivity index (χ2n) is 11.0. The fourth-order valence-electron chi connectivity index (χ4n) is 4.59. The largest absolute Gasteiger partial charge is 0.342 e. The summed E-state index contributed by atoms with van der Waals surface area (Å²) in [6.45, 7) is 13.5.